The van der Waals surface area contributed by atoms with Crippen LogP contribution >= 0.6 is 15.9 Å². The van der Waals surface area contributed by atoms with Gasteiger partial charge in [0.05, 0.1) is 6.04 Å². The van der Waals surface area contributed by atoms with Crippen molar-refractivity contribution in [1.29, 1.82) is 0 Å². The molecule has 1 heterocycles. The second-order valence-corrected chi connectivity index (χ2v) is 6.21. The largest absolute Gasteiger partial charge is 0.384 e. The molecule has 0 spiro atoms. The first-order chi connectivity index (χ1) is 10.1. The van der Waals surface area contributed by atoms with Gasteiger partial charge in [0.1, 0.15) is 0 Å². The summed E-state index contributed by atoms with van der Waals surface area (Å²) in [5.41, 5.74) is 4.16. The van der Waals surface area contributed by atoms with Crippen LogP contribution in [0.2, 0.25) is 0 Å². The third kappa shape index (κ3) is 3.10. The Morgan fingerprint density at radius 3 is 2.76 bits per heavy atom. The smallest absolute Gasteiger partial charge is 0.251 e. The lowest BCUT2D eigenvalue weighted by molar-refractivity contribution is 0.0940. The Labute approximate surface area is 132 Å². The summed E-state index contributed by atoms with van der Waals surface area (Å²) < 4.78 is 1.04. The zero-order valence-electron chi connectivity index (χ0n) is 11.8. The molecule has 2 N–H and O–H groups in total. The van der Waals surface area contributed by atoms with Crippen molar-refractivity contribution in [3.05, 3.63) is 63.6 Å². The lowest BCUT2D eigenvalue weighted by Crippen LogP contribution is -2.26. The predicted octanol–water partition coefficient (Wildman–Crippen LogP) is 3.91. The van der Waals surface area contributed by atoms with Crippen LogP contribution in [0.25, 0.3) is 0 Å². The third-order valence-electron chi connectivity index (χ3n) is 3.80. The number of benzene rings is 2. The Kier molecular flexibility index (Phi) is 3.97. The zero-order chi connectivity index (χ0) is 14.8. The summed E-state index contributed by atoms with van der Waals surface area (Å²) in [6, 6.07) is 13.8. The van der Waals surface area contributed by atoms with E-state index in [1.54, 1.807) is 0 Å². The molecule has 1 amide bonds. The molecule has 1 atom stereocenters. The topological polar surface area (TPSA) is 41.1 Å². The van der Waals surface area contributed by atoms with Gasteiger partial charge in [-0.15, -0.1) is 0 Å². The SMILES string of the molecule is C[C@@H](NC(=O)c1ccc2c(c1)NCC2)c1ccc(Br)cc1. The minimum Gasteiger partial charge on any atom is -0.384 e. The van der Waals surface area contributed by atoms with Gasteiger partial charge >= 0.3 is 0 Å². The maximum atomic E-state index is 12.3. The maximum Gasteiger partial charge on any atom is 0.251 e. The fourth-order valence-corrected chi connectivity index (χ4v) is 2.81. The molecule has 21 heavy (non-hydrogen) atoms. The van der Waals surface area contributed by atoms with E-state index < -0.39 is 0 Å². The van der Waals surface area contributed by atoms with Crippen molar-refractivity contribution in [2.24, 2.45) is 0 Å². The third-order valence-corrected chi connectivity index (χ3v) is 4.33. The van der Waals surface area contributed by atoms with Gasteiger partial charge in [-0.2, -0.15) is 0 Å². The molecular weight excluding hydrogens is 328 g/mol. The number of fused-ring (bicyclic) bond motifs is 1. The van der Waals surface area contributed by atoms with Crippen molar-refractivity contribution in [3.63, 3.8) is 0 Å². The molecule has 0 fully saturated rings. The number of rotatable bonds is 3. The zero-order valence-corrected chi connectivity index (χ0v) is 13.4. The average molecular weight is 345 g/mol. The van der Waals surface area contributed by atoms with E-state index in [9.17, 15) is 4.79 Å². The van der Waals surface area contributed by atoms with E-state index in [1.165, 1.54) is 5.56 Å². The van der Waals surface area contributed by atoms with Crippen molar-refractivity contribution in [2.45, 2.75) is 19.4 Å². The highest BCUT2D eigenvalue weighted by Crippen LogP contribution is 2.24. The lowest BCUT2D eigenvalue weighted by Gasteiger charge is -2.15. The molecule has 2 aromatic rings. The van der Waals surface area contributed by atoms with E-state index in [2.05, 4.69) is 26.6 Å². The fraction of sp³-hybridized carbons (Fsp3) is 0.235. The molecule has 0 unspecified atom stereocenters. The summed E-state index contributed by atoms with van der Waals surface area (Å²) in [6.07, 6.45) is 1.03. The molecule has 3 rings (SSSR count). The van der Waals surface area contributed by atoms with E-state index >= 15 is 0 Å². The molecule has 0 aliphatic carbocycles. The van der Waals surface area contributed by atoms with Gasteiger partial charge in [-0.3, -0.25) is 4.79 Å². The fourth-order valence-electron chi connectivity index (χ4n) is 2.55. The number of nitrogens with one attached hydrogen (secondary N) is 2. The van der Waals surface area contributed by atoms with Gasteiger partial charge in [0, 0.05) is 22.3 Å². The number of halogens is 1. The van der Waals surface area contributed by atoms with Crippen LogP contribution in [0, 0.1) is 0 Å². The van der Waals surface area contributed by atoms with Gasteiger partial charge in [-0.05, 0) is 48.7 Å². The standard InChI is InChI=1S/C17H17BrN2O/c1-11(12-4-6-15(18)7-5-12)20-17(21)14-3-2-13-8-9-19-16(13)10-14/h2-7,10-11,19H,8-9H2,1H3,(H,20,21)/t11-/m1/s1. The summed E-state index contributed by atoms with van der Waals surface area (Å²) in [5.74, 6) is -0.0399. The van der Waals surface area contributed by atoms with Crippen molar-refractivity contribution in [3.8, 4) is 0 Å². The van der Waals surface area contributed by atoms with Gasteiger partial charge < -0.3 is 10.6 Å². The van der Waals surface area contributed by atoms with Crippen LogP contribution in [0.4, 0.5) is 5.69 Å². The van der Waals surface area contributed by atoms with Crippen molar-refractivity contribution >= 4 is 27.5 Å². The predicted molar refractivity (Wildman–Crippen MR) is 88.7 cm³/mol. The Balaban J connectivity index is 1.72. The van der Waals surface area contributed by atoms with E-state index in [-0.39, 0.29) is 11.9 Å². The maximum absolute atomic E-state index is 12.3. The van der Waals surface area contributed by atoms with Crippen molar-refractivity contribution < 1.29 is 4.79 Å². The van der Waals surface area contributed by atoms with E-state index in [4.69, 9.17) is 0 Å². The van der Waals surface area contributed by atoms with Crippen LogP contribution in [0.1, 0.15) is 34.5 Å². The molecule has 0 aromatic heterocycles. The summed E-state index contributed by atoms with van der Waals surface area (Å²) in [7, 11) is 0. The Hall–Kier alpha value is -1.81. The monoisotopic (exact) mass is 344 g/mol. The first kappa shape index (κ1) is 14.1. The highest BCUT2D eigenvalue weighted by molar-refractivity contribution is 9.10. The van der Waals surface area contributed by atoms with Crippen LogP contribution in [-0.2, 0) is 6.42 Å². The molecule has 1 aliphatic heterocycles. The van der Waals surface area contributed by atoms with Gasteiger partial charge in [-0.25, -0.2) is 0 Å². The van der Waals surface area contributed by atoms with Gasteiger partial charge in [0.15, 0.2) is 0 Å². The molecule has 3 nitrogen and oxygen atoms in total. The van der Waals surface area contributed by atoms with Crippen LogP contribution in [0.3, 0.4) is 0 Å². The number of hydrogen-bond donors (Lipinski definition) is 2. The highest BCUT2D eigenvalue weighted by Gasteiger charge is 2.15. The molecule has 108 valence electrons. The van der Waals surface area contributed by atoms with E-state index in [1.807, 2.05) is 49.4 Å². The molecule has 2 aromatic carbocycles. The summed E-state index contributed by atoms with van der Waals surface area (Å²) in [4.78, 5) is 12.3. The molecule has 4 heteroatoms. The molecule has 0 bridgehead atoms. The van der Waals surface area contributed by atoms with E-state index in [0.717, 1.165) is 28.7 Å². The second kappa shape index (κ2) is 5.90. The van der Waals surface area contributed by atoms with Gasteiger partial charge in [0.2, 0.25) is 0 Å². The van der Waals surface area contributed by atoms with E-state index in [0.29, 0.717) is 5.56 Å². The van der Waals surface area contributed by atoms with Crippen molar-refractivity contribution in [1.82, 2.24) is 5.32 Å². The summed E-state index contributed by atoms with van der Waals surface area (Å²) in [6.45, 7) is 2.95. The first-order valence-electron chi connectivity index (χ1n) is 7.06. The first-order valence-corrected chi connectivity index (χ1v) is 7.86. The van der Waals surface area contributed by atoms with Crippen LogP contribution in [0.15, 0.2) is 46.9 Å². The number of hydrogen-bond acceptors (Lipinski definition) is 2. The van der Waals surface area contributed by atoms with Crippen LogP contribution < -0.4 is 10.6 Å². The van der Waals surface area contributed by atoms with Crippen LogP contribution in [-0.4, -0.2) is 12.5 Å². The highest BCUT2D eigenvalue weighted by atomic mass is 79.9. The van der Waals surface area contributed by atoms with Crippen LogP contribution in [0.5, 0.6) is 0 Å². The Morgan fingerprint density at radius 2 is 2.00 bits per heavy atom. The number of carbonyl (C=O) groups excluding carboxylic acids is 1. The Morgan fingerprint density at radius 1 is 1.24 bits per heavy atom. The van der Waals surface area contributed by atoms with Gasteiger partial charge in [-0.1, -0.05) is 34.1 Å². The Bertz CT molecular complexity index is 667. The lowest BCUT2D eigenvalue weighted by atomic mass is 10.1. The second-order valence-electron chi connectivity index (χ2n) is 5.30. The van der Waals surface area contributed by atoms with Gasteiger partial charge in [0.25, 0.3) is 5.91 Å². The average Bonchev–Trinajstić information content (AvgIpc) is 2.95. The molecule has 0 radical (unpaired) electrons. The minimum absolute atomic E-state index is 0.0215. The normalized spacial score (nSPS) is 14.2. The number of anilines is 1. The molecule has 1 aliphatic rings. The quantitative estimate of drug-likeness (QED) is 0.886. The summed E-state index contributed by atoms with van der Waals surface area (Å²) >= 11 is 3.42. The summed E-state index contributed by atoms with van der Waals surface area (Å²) in [5, 5.41) is 6.34. The molecule has 0 saturated heterocycles. The molecular formula is C17H17BrN2O. The molecule has 0 saturated carbocycles. The minimum atomic E-state index is -0.0399. The number of amides is 1. The van der Waals surface area contributed by atoms with Crippen molar-refractivity contribution in [2.75, 3.05) is 11.9 Å². The number of carbonyl (C=O) groups is 1.